The molecule has 0 saturated heterocycles. The van der Waals surface area contributed by atoms with Crippen LogP contribution in [0.15, 0.2) is 48.5 Å². The fourth-order valence-corrected chi connectivity index (χ4v) is 2.69. The van der Waals surface area contributed by atoms with E-state index in [4.69, 9.17) is 17.3 Å². The maximum atomic E-state index is 12.4. The third kappa shape index (κ3) is 3.28. The van der Waals surface area contributed by atoms with Crippen LogP contribution in [0.3, 0.4) is 0 Å². The van der Waals surface area contributed by atoms with E-state index in [1.54, 1.807) is 23.2 Å². The van der Waals surface area contributed by atoms with Gasteiger partial charge in [0.1, 0.15) is 6.54 Å². The Hall–Kier alpha value is -2.57. The van der Waals surface area contributed by atoms with Gasteiger partial charge in [-0.25, -0.2) is 5.01 Å². The van der Waals surface area contributed by atoms with E-state index < -0.39 is 5.91 Å². The fourth-order valence-electron chi connectivity index (χ4n) is 2.48. The number of primary amides is 1. The maximum absolute atomic E-state index is 12.4. The van der Waals surface area contributed by atoms with Gasteiger partial charge in [0.25, 0.3) is 5.91 Å². The molecule has 0 saturated carbocycles. The van der Waals surface area contributed by atoms with E-state index in [0.29, 0.717) is 17.1 Å². The van der Waals surface area contributed by atoms with Crippen molar-refractivity contribution in [2.75, 3.05) is 11.6 Å². The average molecular weight is 331 g/mol. The monoisotopic (exact) mass is 330 g/mol. The molecule has 2 aromatic carbocycles. The lowest BCUT2D eigenvalue weighted by molar-refractivity contribution is -0.119. The molecule has 0 spiro atoms. The molecule has 0 fully saturated rings. The van der Waals surface area contributed by atoms with Gasteiger partial charge in [0, 0.05) is 5.02 Å². The summed E-state index contributed by atoms with van der Waals surface area (Å²) in [6.07, 6.45) is 0. The fraction of sp³-hybridized carbons (Fsp3) is 0.125. The van der Waals surface area contributed by atoms with Crippen molar-refractivity contribution >= 4 is 29.1 Å². The molecule has 6 nitrogen and oxygen atoms in total. The summed E-state index contributed by atoms with van der Waals surface area (Å²) in [5.41, 5.74) is 10.4. The van der Waals surface area contributed by atoms with Crippen LogP contribution in [0.1, 0.15) is 15.9 Å². The van der Waals surface area contributed by atoms with Crippen molar-refractivity contribution < 1.29 is 9.59 Å². The van der Waals surface area contributed by atoms with Crippen molar-refractivity contribution in [3.8, 4) is 0 Å². The number of nitrogens with zero attached hydrogens (tertiary/aromatic N) is 2. The standard InChI is InChI=1S/C16H15ClN4O2/c17-12-5-3-4-11(8-12)9-20-14-7-2-1-6-13(14)16(23)21(19-20)10-15(18)22/h1-8,19H,9-10H2,(H2,18,22). The molecular formula is C16H15ClN4O2. The number of para-hydroxylation sites is 1. The number of anilines is 1. The molecule has 0 unspecified atom stereocenters. The normalized spacial score (nSPS) is 13.9. The van der Waals surface area contributed by atoms with E-state index in [1.807, 2.05) is 30.3 Å². The highest BCUT2D eigenvalue weighted by molar-refractivity contribution is 6.30. The molecule has 2 aromatic rings. The minimum absolute atomic E-state index is 0.209. The Kier molecular flexibility index (Phi) is 4.18. The molecule has 23 heavy (non-hydrogen) atoms. The van der Waals surface area contributed by atoms with Crippen molar-refractivity contribution in [1.29, 1.82) is 0 Å². The highest BCUT2D eigenvalue weighted by atomic mass is 35.5. The molecule has 3 rings (SSSR count). The largest absolute Gasteiger partial charge is 0.368 e. The summed E-state index contributed by atoms with van der Waals surface area (Å²) in [5, 5.41) is 3.62. The topological polar surface area (TPSA) is 78.7 Å². The van der Waals surface area contributed by atoms with Crippen LogP contribution in [0.2, 0.25) is 5.02 Å². The zero-order valence-corrected chi connectivity index (χ0v) is 13.0. The Morgan fingerprint density at radius 2 is 1.91 bits per heavy atom. The maximum Gasteiger partial charge on any atom is 0.272 e. The van der Waals surface area contributed by atoms with Gasteiger partial charge in [0.05, 0.1) is 17.8 Å². The van der Waals surface area contributed by atoms with E-state index in [1.165, 1.54) is 5.01 Å². The first-order valence-corrected chi connectivity index (χ1v) is 7.40. The quantitative estimate of drug-likeness (QED) is 0.894. The third-order valence-electron chi connectivity index (χ3n) is 3.46. The number of carbonyl (C=O) groups excluding carboxylic acids is 2. The predicted octanol–water partition coefficient (Wildman–Crippen LogP) is 1.71. The predicted molar refractivity (Wildman–Crippen MR) is 87.4 cm³/mol. The number of amides is 2. The summed E-state index contributed by atoms with van der Waals surface area (Å²) < 4.78 is 0. The summed E-state index contributed by atoms with van der Waals surface area (Å²) >= 11 is 6.02. The lowest BCUT2D eigenvalue weighted by Gasteiger charge is -2.38. The van der Waals surface area contributed by atoms with Gasteiger partial charge < -0.3 is 5.73 Å². The molecule has 7 heteroatoms. The average Bonchev–Trinajstić information content (AvgIpc) is 2.51. The lowest BCUT2D eigenvalue weighted by atomic mass is 10.1. The Morgan fingerprint density at radius 3 is 2.65 bits per heavy atom. The van der Waals surface area contributed by atoms with Crippen molar-refractivity contribution in [2.24, 2.45) is 5.73 Å². The molecule has 1 aliphatic heterocycles. The highest BCUT2D eigenvalue weighted by Gasteiger charge is 2.29. The van der Waals surface area contributed by atoms with Gasteiger partial charge in [-0.1, -0.05) is 35.9 Å². The van der Waals surface area contributed by atoms with Crippen LogP contribution in [0, 0.1) is 0 Å². The summed E-state index contributed by atoms with van der Waals surface area (Å²) in [7, 11) is 0. The molecule has 2 amide bonds. The number of benzene rings is 2. The van der Waals surface area contributed by atoms with Gasteiger partial charge >= 0.3 is 0 Å². The number of rotatable bonds is 4. The molecule has 0 atom stereocenters. The van der Waals surface area contributed by atoms with Crippen LogP contribution in [0.4, 0.5) is 5.69 Å². The number of hydrogen-bond acceptors (Lipinski definition) is 4. The highest BCUT2D eigenvalue weighted by Crippen LogP contribution is 2.26. The Labute approximate surface area is 138 Å². The van der Waals surface area contributed by atoms with Gasteiger partial charge in [0.2, 0.25) is 5.91 Å². The van der Waals surface area contributed by atoms with Crippen molar-refractivity contribution in [3.05, 3.63) is 64.7 Å². The number of nitrogens with one attached hydrogen (secondary N) is 1. The summed E-state index contributed by atoms with van der Waals surface area (Å²) in [4.78, 5) is 23.6. The number of fused-ring (bicyclic) bond motifs is 1. The molecule has 0 bridgehead atoms. The Bertz CT molecular complexity index is 765. The second-order valence-corrected chi connectivity index (χ2v) is 5.63. The summed E-state index contributed by atoms with van der Waals surface area (Å²) in [5.74, 6) is -0.880. The van der Waals surface area contributed by atoms with E-state index >= 15 is 0 Å². The summed E-state index contributed by atoms with van der Waals surface area (Å²) in [6, 6.07) is 14.6. The van der Waals surface area contributed by atoms with Gasteiger partial charge in [-0.3, -0.25) is 14.6 Å². The van der Waals surface area contributed by atoms with Gasteiger partial charge in [-0.05, 0) is 29.8 Å². The zero-order valence-electron chi connectivity index (χ0n) is 12.2. The second kappa shape index (κ2) is 6.28. The first kappa shape index (κ1) is 15.3. The molecule has 1 aliphatic rings. The molecule has 0 radical (unpaired) electrons. The van der Waals surface area contributed by atoms with E-state index in [2.05, 4.69) is 5.53 Å². The molecular weight excluding hydrogens is 316 g/mol. The number of halogens is 1. The first-order chi connectivity index (χ1) is 11.0. The Balaban J connectivity index is 1.93. The first-order valence-electron chi connectivity index (χ1n) is 7.02. The van der Waals surface area contributed by atoms with E-state index in [9.17, 15) is 9.59 Å². The number of nitrogens with two attached hydrogens (primary N) is 1. The summed E-state index contributed by atoms with van der Waals surface area (Å²) in [6.45, 7) is 0.263. The van der Waals surface area contributed by atoms with Crippen LogP contribution in [0.25, 0.3) is 0 Å². The van der Waals surface area contributed by atoms with E-state index in [0.717, 1.165) is 11.3 Å². The van der Waals surface area contributed by atoms with Gasteiger partial charge in [-0.2, -0.15) is 0 Å². The second-order valence-electron chi connectivity index (χ2n) is 5.19. The molecule has 118 valence electrons. The zero-order chi connectivity index (χ0) is 16.4. The number of hydrogen-bond donors (Lipinski definition) is 2. The van der Waals surface area contributed by atoms with Crippen LogP contribution in [0.5, 0.6) is 0 Å². The molecule has 1 heterocycles. The minimum atomic E-state index is -0.590. The van der Waals surface area contributed by atoms with Gasteiger partial charge in [-0.15, -0.1) is 5.53 Å². The van der Waals surface area contributed by atoms with Crippen LogP contribution in [-0.2, 0) is 11.3 Å². The van der Waals surface area contributed by atoms with Crippen LogP contribution >= 0.6 is 11.6 Å². The minimum Gasteiger partial charge on any atom is -0.368 e. The number of carbonyl (C=O) groups is 2. The van der Waals surface area contributed by atoms with Crippen molar-refractivity contribution in [1.82, 2.24) is 10.5 Å². The smallest absolute Gasteiger partial charge is 0.272 e. The molecule has 0 aliphatic carbocycles. The van der Waals surface area contributed by atoms with Crippen LogP contribution in [-0.4, -0.2) is 23.4 Å². The number of hydrazine groups is 2. The van der Waals surface area contributed by atoms with E-state index in [-0.39, 0.29) is 12.5 Å². The van der Waals surface area contributed by atoms with Crippen molar-refractivity contribution in [3.63, 3.8) is 0 Å². The van der Waals surface area contributed by atoms with Crippen LogP contribution < -0.4 is 16.3 Å². The molecule has 3 N–H and O–H groups in total. The lowest BCUT2D eigenvalue weighted by Crippen LogP contribution is -2.58. The van der Waals surface area contributed by atoms with Gasteiger partial charge in [0.15, 0.2) is 0 Å². The molecule has 0 aromatic heterocycles. The third-order valence-corrected chi connectivity index (χ3v) is 3.69. The van der Waals surface area contributed by atoms with Crippen molar-refractivity contribution in [2.45, 2.75) is 6.54 Å². The SMILES string of the molecule is NC(=O)CN1NN(Cc2cccc(Cl)c2)c2ccccc2C1=O. The Morgan fingerprint density at radius 1 is 1.13 bits per heavy atom.